The first-order valence-electron chi connectivity index (χ1n) is 7.89. The van der Waals surface area contributed by atoms with E-state index in [0.717, 1.165) is 31.3 Å². The van der Waals surface area contributed by atoms with Gasteiger partial charge in [0.1, 0.15) is 11.5 Å². The molecule has 0 heterocycles. The number of phenolic OH excluding ortho intramolecular Hbond substituents is 2. The summed E-state index contributed by atoms with van der Waals surface area (Å²) in [5.41, 5.74) is 3.98. The zero-order valence-corrected chi connectivity index (χ0v) is 14.3. The molecule has 0 amide bonds. The summed E-state index contributed by atoms with van der Waals surface area (Å²) in [5, 5.41) is 19.1. The molecule has 1 aromatic rings. The maximum Gasteiger partial charge on any atom is 0.131 e. The number of hydrogen-bond donors (Lipinski definition) is 2. The van der Waals surface area contributed by atoms with Gasteiger partial charge >= 0.3 is 0 Å². The zero-order valence-electron chi connectivity index (χ0n) is 14.3. The highest BCUT2D eigenvalue weighted by molar-refractivity contribution is 5.50. The van der Waals surface area contributed by atoms with Crippen molar-refractivity contribution < 1.29 is 10.2 Å². The van der Waals surface area contributed by atoms with Gasteiger partial charge in [0.25, 0.3) is 0 Å². The Labute approximate surface area is 139 Å². The molecule has 0 radical (unpaired) electrons. The number of aromatic hydroxyl groups is 2. The van der Waals surface area contributed by atoms with E-state index in [0.29, 0.717) is 5.56 Å². The minimum Gasteiger partial charge on any atom is -0.508 e. The summed E-state index contributed by atoms with van der Waals surface area (Å²) in [7, 11) is 0. The lowest BCUT2D eigenvalue weighted by molar-refractivity contribution is 0.459. The average molecular weight is 310 g/mol. The van der Waals surface area contributed by atoms with Crippen molar-refractivity contribution in [2.24, 2.45) is 0 Å². The fraction of sp³-hybridized carbons (Fsp3) is 0.333. The van der Waals surface area contributed by atoms with Crippen molar-refractivity contribution in [3.8, 4) is 23.3 Å². The van der Waals surface area contributed by atoms with Gasteiger partial charge in [-0.05, 0) is 70.2 Å². The Hall–Kier alpha value is -2.40. The monoisotopic (exact) mass is 310 g/mol. The first-order chi connectivity index (χ1) is 10.9. The molecule has 0 unspecified atom stereocenters. The van der Waals surface area contributed by atoms with Crippen molar-refractivity contribution in [3.05, 3.63) is 59.2 Å². The normalized spacial score (nSPS) is 10.7. The predicted octanol–water partition coefficient (Wildman–Crippen LogP) is 5.48. The highest BCUT2D eigenvalue weighted by atomic mass is 16.3. The van der Waals surface area contributed by atoms with E-state index < -0.39 is 0 Å². The van der Waals surface area contributed by atoms with E-state index in [9.17, 15) is 10.2 Å². The number of hydrogen-bond acceptors (Lipinski definition) is 2. The summed E-state index contributed by atoms with van der Waals surface area (Å²) in [6, 6.07) is 4.31. The third kappa shape index (κ3) is 7.97. The lowest BCUT2D eigenvalue weighted by Gasteiger charge is -2.00. The standard InChI is InChI=1S/C21H26O2/c1-16(2)7-5-8-17(3)9-6-10-18(4)11-12-19-15-20(22)13-14-21(19)23/h7,9,13-15,22-23H,4-6,8,10H2,1-3H3. The van der Waals surface area contributed by atoms with Crippen LogP contribution in [0.25, 0.3) is 0 Å². The van der Waals surface area contributed by atoms with Gasteiger partial charge in [0.15, 0.2) is 0 Å². The van der Waals surface area contributed by atoms with Gasteiger partial charge in [0, 0.05) is 0 Å². The molecule has 0 aliphatic heterocycles. The van der Waals surface area contributed by atoms with Crippen molar-refractivity contribution in [3.63, 3.8) is 0 Å². The molecule has 2 N–H and O–H groups in total. The molecule has 0 fully saturated rings. The van der Waals surface area contributed by atoms with E-state index in [1.807, 2.05) is 0 Å². The molecule has 122 valence electrons. The molecule has 0 saturated heterocycles. The molecule has 1 aromatic carbocycles. The largest absolute Gasteiger partial charge is 0.508 e. The lowest BCUT2D eigenvalue weighted by Crippen LogP contribution is -1.81. The first-order valence-corrected chi connectivity index (χ1v) is 7.89. The molecular formula is C21H26O2. The quantitative estimate of drug-likeness (QED) is 0.415. The molecule has 0 atom stereocenters. The van der Waals surface area contributed by atoms with Crippen LogP contribution in [0.3, 0.4) is 0 Å². The Balaban J connectivity index is 2.47. The molecule has 1 rings (SSSR count). The summed E-state index contributed by atoms with van der Waals surface area (Å²) >= 11 is 0. The van der Waals surface area contributed by atoms with Crippen LogP contribution in [0.4, 0.5) is 0 Å². The third-order valence-electron chi connectivity index (χ3n) is 3.38. The zero-order chi connectivity index (χ0) is 17.2. The van der Waals surface area contributed by atoms with Gasteiger partial charge < -0.3 is 10.2 Å². The lowest BCUT2D eigenvalue weighted by atomic mass is 10.1. The molecule has 0 aliphatic rings. The van der Waals surface area contributed by atoms with Crippen LogP contribution in [0.5, 0.6) is 11.5 Å². The van der Waals surface area contributed by atoms with Crippen LogP contribution in [0.2, 0.25) is 0 Å². The Morgan fingerprint density at radius 1 is 1.09 bits per heavy atom. The van der Waals surface area contributed by atoms with Crippen LogP contribution >= 0.6 is 0 Å². The fourth-order valence-corrected chi connectivity index (χ4v) is 2.03. The average Bonchev–Trinajstić information content (AvgIpc) is 2.48. The molecular weight excluding hydrogens is 284 g/mol. The number of allylic oxidation sites excluding steroid dienone is 5. The van der Waals surface area contributed by atoms with Crippen LogP contribution in [0, 0.1) is 11.8 Å². The predicted molar refractivity (Wildman–Crippen MR) is 97.4 cm³/mol. The summed E-state index contributed by atoms with van der Waals surface area (Å²) < 4.78 is 0. The highest BCUT2D eigenvalue weighted by Crippen LogP contribution is 2.21. The molecule has 0 aromatic heterocycles. The Bertz CT molecular complexity index is 663. The summed E-state index contributed by atoms with van der Waals surface area (Å²) in [6.45, 7) is 10.3. The smallest absolute Gasteiger partial charge is 0.131 e. The van der Waals surface area contributed by atoms with Crippen molar-refractivity contribution in [1.82, 2.24) is 0 Å². The van der Waals surface area contributed by atoms with Crippen LogP contribution in [0.15, 0.2) is 53.6 Å². The van der Waals surface area contributed by atoms with E-state index in [-0.39, 0.29) is 11.5 Å². The van der Waals surface area contributed by atoms with E-state index >= 15 is 0 Å². The topological polar surface area (TPSA) is 40.5 Å². The maximum atomic E-state index is 9.66. The highest BCUT2D eigenvalue weighted by Gasteiger charge is 1.98. The second-order valence-electron chi connectivity index (χ2n) is 5.96. The second-order valence-corrected chi connectivity index (χ2v) is 5.96. The van der Waals surface area contributed by atoms with Crippen molar-refractivity contribution in [2.45, 2.75) is 46.5 Å². The molecule has 0 saturated carbocycles. The van der Waals surface area contributed by atoms with E-state index in [4.69, 9.17) is 0 Å². The van der Waals surface area contributed by atoms with Crippen molar-refractivity contribution in [1.29, 1.82) is 0 Å². The van der Waals surface area contributed by atoms with Crippen LogP contribution in [-0.4, -0.2) is 10.2 Å². The molecule has 0 spiro atoms. The molecule has 2 nitrogen and oxygen atoms in total. The third-order valence-corrected chi connectivity index (χ3v) is 3.38. The number of benzene rings is 1. The van der Waals surface area contributed by atoms with Crippen molar-refractivity contribution in [2.75, 3.05) is 0 Å². The van der Waals surface area contributed by atoms with Gasteiger partial charge in [-0.15, -0.1) is 0 Å². The minimum absolute atomic E-state index is 0.0677. The maximum absolute atomic E-state index is 9.66. The van der Waals surface area contributed by atoms with Crippen molar-refractivity contribution >= 4 is 0 Å². The summed E-state index contributed by atoms with van der Waals surface area (Å²) in [4.78, 5) is 0. The van der Waals surface area contributed by atoms with Crippen LogP contribution in [-0.2, 0) is 0 Å². The minimum atomic E-state index is 0.0677. The number of phenols is 2. The second kappa shape index (κ2) is 9.58. The van der Waals surface area contributed by atoms with Crippen LogP contribution in [0.1, 0.15) is 52.0 Å². The van der Waals surface area contributed by atoms with E-state index in [2.05, 4.69) is 51.3 Å². The summed E-state index contributed by atoms with van der Waals surface area (Å²) in [6.07, 6.45) is 8.37. The van der Waals surface area contributed by atoms with Crippen LogP contribution < -0.4 is 0 Å². The molecule has 23 heavy (non-hydrogen) atoms. The van der Waals surface area contributed by atoms with E-state index in [1.165, 1.54) is 29.3 Å². The van der Waals surface area contributed by atoms with Gasteiger partial charge in [0.05, 0.1) is 5.56 Å². The molecule has 0 bridgehead atoms. The Morgan fingerprint density at radius 3 is 2.48 bits per heavy atom. The van der Waals surface area contributed by atoms with Gasteiger partial charge in [-0.2, -0.15) is 0 Å². The SMILES string of the molecule is C=C(C#Cc1cc(O)ccc1O)CCC=C(C)CCC=C(C)C. The number of rotatable bonds is 6. The fourth-order valence-electron chi connectivity index (χ4n) is 2.03. The molecule has 2 heteroatoms. The first kappa shape index (κ1) is 18.6. The summed E-state index contributed by atoms with van der Waals surface area (Å²) in [5.74, 6) is 5.95. The van der Waals surface area contributed by atoms with Gasteiger partial charge in [-0.1, -0.05) is 41.7 Å². The van der Waals surface area contributed by atoms with Gasteiger partial charge in [-0.3, -0.25) is 0 Å². The Morgan fingerprint density at radius 2 is 1.78 bits per heavy atom. The van der Waals surface area contributed by atoms with Gasteiger partial charge in [-0.25, -0.2) is 0 Å². The molecule has 0 aliphatic carbocycles. The Kier molecular flexibility index (Phi) is 7.77. The van der Waals surface area contributed by atoms with Gasteiger partial charge in [0.2, 0.25) is 0 Å². The van der Waals surface area contributed by atoms with E-state index in [1.54, 1.807) is 0 Å².